The quantitative estimate of drug-likeness (QED) is 0.755. The molecule has 2 aromatic carbocycles. The Morgan fingerprint density at radius 2 is 1.78 bits per heavy atom. The minimum Gasteiger partial charge on any atom is -0.457 e. The van der Waals surface area contributed by atoms with Crippen LogP contribution in [0.1, 0.15) is 17.4 Å². The maximum Gasteiger partial charge on any atom is 0.248 e. The van der Waals surface area contributed by atoms with Crippen LogP contribution in [0.2, 0.25) is 0 Å². The minimum atomic E-state index is -0.346. The second kappa shape index (κ2) is 7.37. The van der Waals surface area contributed by atoms with Crippen LogP contribution >= 0.6 is 0 Å². The third-order valence-corrected chi connectivity index (χ3v) is 4.32. The summed E-state index contributed by atoms with van der Waals surface area (Å²) in [6, 6.07) is 17.7. The van der Waals surface area contributed by atoms with Gasteiger partial charge in [-0.15, -0.1) is 0 Å². The van der Waals surface area contributed by atoms with Gasteiger partial charge in [-0.3, -0.25) is 4.79 Å². The summed E-state index contributed by atoms with van der Waals surface area (Å²) in [5.41, 5.74) is 2.30. The molecule has 1 N–H and O–H groups in total. The predicted molar refractivity (Wildman–Crippen MR) is 102 cm³/mol. The van der Waals surface area contributed by atoms with Crippen molar-refractivity contribution in [2.24, 2.45) is 0 Å². The van der Waals surface area contributed by atoms with E-state index in [1.165, 1.54) is 11.6 Å². The van der Waals surface area contributed by atoms with Crippen LogP contribution in [0, 0.1) is 6.92 Å². The van der Waals surface area contributed by atoms with E-state index in [4.69, 9.17) is 4.74 Å². The molecular weight excluding hydrogens is 340 g/mol. The van der Waals surface area contributed by atoms with Crippen LogP contribution < -0.4 is 10.1 Å². The smallest absolute Gasteiger partial charge is 0.248 e. The van der Waals surface area contributed by atoms with Crippen molar-refractivity contribution in [1.29, 1.82) is 0 Å². The lowest BCUT2D eigenvalue weighted by atomic mass is 10.2. The molecule has 1 aliphatic heterocycles. The Morgan fingerprint density at radius 3 is 2.44 bits per heavy atom. The zero-order chi connectivity index (χ0) is 18.6. The number of aryl methyl sites for hydroxylation is 1. The van der Waals surface area contributed by atoms with Crippen LogP contribution in [0.15, 0.2) is 79.3 Å². The third-order valence-electron chi connectivity index (χ3n) is 4.32. The normalized spacial score (nSPS) is 16.3. The fourth-order valence-corrected chi connectivity index (χ4v) is 2.90. The van der Waals surface area contributed by atoms with Crippen molar-refractivity contribution in [3.8, 4) is 11.5 Å². The number of nitrogens with one attached hydrogen (secondary N) is 1. The molecule has 1 atom stereocenters. The molecular formula is C21H20N4O2. The summed E-state index contributed by atoms with van der Waals surface area (Å²) in [4.78, 5) is 13.7. The van der Waals surface area contributed by atoms with E-state index < -0.39 is 0 Å². The summed E-state index contributed by atoms with van der Waals surface area (Å²) in [7, 11) is 0. The van der Waals surface area contributed by atoms with Gasteiger partial charge in [-0.25, -0.2) is 4.68 Å². The first-order valence-corrected chi connectivity index (χ1v) is 8.74. The standard InChI is InChI=1S/C21H20N4O2/c1-16-3-7-18(8-4-16)27-19-9-5-17(6-10-19)15-24-14-11-20(26)23-21(24)25-13-2-12-22-25/h2-14,21H,15H2,1H3,(H,23,26). The monoisotopic (exact) mass is 360 g/mol. The van der Waals surface area contributed by atoms with Gasteiger partial charge in [0.2, 0.25) is 12.2 Å². The number of hydrogen-bond acceptors (Lipinski definition) is 4. The Kier molecular flexibility index (Phi) is 4.61. The van der Waals surface area contributed by atoms with E-state index in [1.54, 1.807) is 17.1 Å². The Bertz CT molecular complexity index is 931. The fourth-order valence-electron chi connectivity index (χ4n) is 2.90. The Labute approximate surface area is 157 Å². The minimum absolute atomic E-state index is 0.131. The predicted octanol–water partition coefficient (Wildman–Crippen LogP) is 3.59. The van der Waals surface area contributed by atoms with Gasteiger partial charge in [0, 0.05) is 31.2 Å². The second-order valence-corrected chi connectivity index (χ2v) is 6.42. The Hall–Kier alpha value is -3.54. The van der Waals surface area contributed by atoms with Gasteiger partial charge in [-0.05, 0) is 42.8 Å². The number of hydrogen-bond donors (Lipinski definition) is 1. The lowest BCUT2D eigenvalue weighted by Gasteiger charge is -2.33. The van der Waals surface area contributed by atoms with E-state index in [2.05, 4.69) is 10.4 Å². The van der Waals surface area contributed by atoms with Gasteiger partial charge in [-0.1, -0.05) is 29.8 Å². The average molecular weight is 360 g/mol. The molecule has 2 heterocycles. The summed E-state index contributed by atoms with van der Waals surface area (Å²) >= 11 is 0. The van der Waals surface area contributed by atoms with Crippen LogP contribution in [-0.4, -0.2) is 20.6 Å². The molecule has 0 saturated carbocycles. The Morgan fingerprint density at radius 1 is 1.07 bits per heavy atom. The SMILES string of the molecule is Cc1ccc(Oc2ccc(CN3C=CC(=O)NC3n3cccn3)cc2)cc1. The van der Waals surface area contributed by atoms with Crippen molar-refractivity contribution >= 4 is 5.91 Å². The molecule has 6 nitrogen and oxygen atoms in total. The summed E-state index contributed by atoms with van der Waals surface area (Å²) in [5, 5.41) is 7.15. The second-order valence-electron chi connectivity index (χ2n) is 6.42. The summed E-state index contributed by atoms with van der Waals surface area (Å²) < 4.78 is 7.59. The molecule has 4 rings (SSSR count). The van der Waals surface area contributed by atoms with Crippen LogP contribution in [-0.2, 0) is 11.3 Å². The first-order chi connectivity index (χ1) is 13.2. The maximum atomic E-state index is 11.7. The lowest BCUT2D eigenvalue weighted by Crippen LogP contribution is -2.44. The van der Waals surface area contributed by atoms with Crippen molar-refractivity contribution in [3.05, 3.63) is 90.4 Å². The van der Waals surface area contributed by atoms with Gasteiger partial charge < -0.3 is 15.0 Å². The van der Waals surface area contributed by atoms with E-state index >= 15 is 0 Å². The molecule has 1 aromatic heterocycles. The van der Waals surface area contributed by atoms with Gasteiger partial charge in [-0.2, -0.15) is 5.10 Å². The molecule has 0 saturated heterocycles. The number of ether oxygens (including phenoxy) is 1. The van der Waals surface area contributed by atoms with Crippen molar-refractivity contribution < 1.29 is 9.53 Å². The largest absolute Gasteiger partial charge is 0.457 e. The van der Waals surface area contributed by atoms with Crippen molar-refractivity contribution in [1.82, 2.24) is 20.0 Å². The van der Waals surface area contributed by atoms with Gasteiger partial charge in [0.25, 0.3) is 0 Å². The molecule has 0 bridgehead atoms. The van der Waals surface area contributed by atoms with Crippen LogP contribution in [0.5, 0.6) is 11.5 Å². The van der Waals surface area contributed by atoms with Crippen molar-refractivity contribution in [2.45, 2.75) is 19.8 Å². The van der Waals surface area contributed by atoms with Gasteiger partial charge in [0.15, 0.2) is 0 Å². The summed E-state index contributed by atoms with van der Waals surface area (Å²) in [6.07, 6.45) is 6.49. The number of aromatic nitrogens is 2. The van der Waals surface area contributed by atoms with Crippen LogP contribution in [0.4, 0.5) is 0 Å². The number of amides is 1. The third kappa shape index (κ3) is 4.00. The highest BCUT2D eigenvalue weighted by Gasteiger charge is 2.23. The van der Waals surface area contributed by atoms with Crippen LogP contribution in [0.3, 0.4) is 0 Å². The van der Waals surface area contributed by atoms with Crippen molar-refractivity contribution in [3.63, 3.8) is 0 Å². The zero-order valence-corrected chi connectivity index (χ0v) is 14.9. The topological polar surface area (TPSA) is 59.4 Å². The van der Waals surface area contributed by atoms with Crippen molar-refractivity contribution in [2.75, 3.05) is 0 Å². The number of carbonyl (C=O) groups is 1. The van der Waals surface area contributed by atoms with Gasteiger partial charge in [0.05, 0.1) is 0 Å². The molecule has 0 fully saturated rings. The molecule has 136 valence electrons. The van der Waals surface area contributed by atoms with E-state index in [-0.39, 0.29) is 12.2 Å². The number of rotatable bonds is 5. The molecule has 0 aliphatic carbocycles. The van der Waals surface area contributed by atoms with Gasteiger partial charge >= 0.3 is 0 Å². The maximum absolute atomic E-state index is 11.7. The lowest BCUT2D eigenvalue weighted by molar-refractivity contribution is -0.120. The van der Waals surface area contributed by atoms with Gasteiger partial charge in [0.1, 0.15) is 11.5 Å². The first-order valence-electron chi connectivity index (χ1n) is 8.74. The van der Waals surface area contributed by atoms with E-state index in [1.807, 2.05) is 72.6 Å². The molecule has 0 radical (unpaired) electrons. The van der Waals surface area contributed by atoms with E-state index in [0.29, 0.717) is 6.54 Å². The molecule has 0 spiro atoms. The number of nitrogens with zero attached hydrogens (tertiary/aromatic N) is 3. The highest BCUT2D eigenvalue weighted by molar-refractivity contribution is 5.88. The summed E-state index contributed by atoms with van der Waals surface area (Å²) in [5.74, 6) is 1.47. The zero-order valence-electron chi connectivity index (χ0n) is 14.9. The average Bonchev–Trinajstić information content (AvgIpc) is 3.21. The first kappa shape index (κ1) is 16.9. The molecule has 1 amide bonds. The van der Waals surface area contributed by atoms with E-state index in [0.717, 1.165) is 17.1 Å². The number of benzene rings is 2. The summed E-state index contributed by atoms with van der Waals surface area (Å²) in [6.45, 7) is 2.68. The molecule has 27 heavy (non-hydrogen) atoms. The molecule has 3 aromatic rings. The van der Waals surface area contributed by atoms with E-state index in [9.17, 15) is 4.79 Å². The van der Waals surface area contributed by atoms with Crippen LogP contribution in [0.25, 0.3) is 0 Å². The molecule has 1 aliphatic rings. The number of carbonyl (C=O) groups excluding carboxylic acids is 1. The molecule has 6 heteroatoms. The highest BCUT2D eigenvalue weighted by atomic mass is 16.5. The Balaban J connectivity index is 1.46. The fraction of sp³-hybridized carbons (Fsp3) is 0.143. The highest BCUT2D eigenvalue weighted by Crippen LogP contribution is 2.23. The molecule has 1 unspecified atom stereocenters.